The monoisotopic (exact) mass is 165 g/mol. The Balaban J connectivity index is 2.75. The van der Waals surface area contributed by atoms with Gasteiger partial charge in [-0.1, -0.05) is 12.1 Å². The molecule has 3 heteroatoms. The van der Waals surface area contributed by atoms with Crippen molar-refractivity contribution in [1.82, 2.24) is 5.16 Å². The molecule has 2 nitrogen and oxygen atoms in total. The molecule has 0 aliphatic heterocycles. The lowest BCUT2D eigenvalue weighted by molar-refractivity contribution is 0.447. The van der Waals surface area contributed by atoms with Crippen LogP contribution in [0.2, 0.25) is 0 Å². The van der Waals surface area contributed by atoms with Crippen molar-refractivity contribution in [3.8, 4) is 0 Å². The lowest BCUT2D eigenvalue weighted by Gasteiger charge is -1.88. The van der Waals surface area contributed by atoms with E-state index >= 15 is 0 Å². The Morgan fingerprint density at radius 3 is 3.08 bits per heavy atom. The van der Waals surface area contributed by atoms with E-state index in [1.807, 2.05) is 6.92 Å². The molecule has 12 heavy (non-hydrogen) atoms. The zero-order valence-corrected chi connectivity index (χ0v) is 6.67. The Labute approximate surface area is 69.0 Å². The summed E-state index contributed by atoms with van der Waals surface area (Å²) in [5.74, 6) is -0.250. The first-order valence-electron chi connectivity index (χ1n) is 3.85. The molecule has 2 rings (SSSR count). The standard InChI is InChI=1S/C9H8FNO/c1-2-8-7-5-6(10)3-4-9(7)12-11-8/h3-5H,2H2,1H3. The van der Waals surface area contributed by atoms with Crippen LogP contribution in [0.4, 0.5) is 4.39 Å². The summed E-state index contributed by atoms with van der Waals surface area (Å²) in [4.78, 5) is 0. The van der Waals surface area contributed by atoms with Crippen molar-refractivity contribution >= 4 is 11.0 Å². The summed E-state index contributed by atoms with van der Waals surface area (Å²) in [5.41, 5.74) is 1.46. The summed E-state index contributed by atoms with van der Waals surface area (Å²) in [6.07, 6.45) is 0.760. The van der Waals surface area contributed by atoms with E-state index in [0.717, 1.165) is 17.5 Å². The van der Waals surface area contributed by atoms with Crippen LogP contribution >= 0.6 is 0 Å². The minimum Gasteiger partial charge on any atom is -0.356 e. The van der Waals surface area contributed by atoms with Crippen molar-refractivity contribution in [2.24, 2.45) is 0 Å². The highest BCUT2D eigenvalue weighted by Crippen LogP contribution is 2.19. The number of aromatic nitrogens is 1. The lowest BCUT2D eigenvalue weighted by Crippen LogP contribution is -1.79. The summed E-state index contributed by atoms with van der Waals surface area (Å²) in [7, 11) is 0. The van der Waals surface area contributed by atoms with E-state index in [4.69, 9.17) is 4.52 Å². The van der Waals surface area contributed by atoms with Gasteiger partial charge < -0.3 is 4.52 Å². The Morgan fingerprint density at radius 1 is 1.50 bits per heavy atom. The Bertz CT molecular complexity index is 408. The summed E-state index contributed by atoms with van der Waals surface area (Å²) >= 11 is 0. The van der Waals surface area contributed by atoms with Gasteiger partial charge >= 0.3 is 0 Å². The summed E-state index contributed by atoms with van der Waals surface area (Å²) in [5, 5.41) is 4.59. The van der Waals surface area contributed by atoms with E-state index in [-0.39, 0.29) is 5.82 Å². The molecule has 0 N–H and O–H groups in total. The topological polar surface area (TPSA) is 26.0 Å². The van der Waals surface area contributed by atoms with Gasteiger partial charge in [0.15, 0.2) is 5.58 Å². The van der Waals surface area contributed by atoms with Crippen molar-refractivity contribution in [2.75, 3.05) is 0 Å². The maximum atomic E-state index is 12.8. The molecular weight excluding hydrogens is 157 g/mol. The zero-order valence-electron chi connectivity index (χ0n) is 6.67. The largest absolute Gasteiger partial charge is 0.356 e. The minimum absolute atomic E-state index is 0.250. The molecule has 62 valence electrons. The predicted molar refractivity (Wildman–Crippen MR) is 43.3 cm³/mol. The number of rotatable bonds is 1. The first-order valence-corrected chi connectivity index (χ1v) is 3.85. The average molecular weight is 165 g/mol. The van der Waals surface area contributed by atoms with E-state index in [9.17, 15) is 4.39 Å². The molecule has 0 amide bonds. The van der Waals surface area contributed by atoms with Gasteiger partial charge in [0.1, 0.15) is 5.82 Å². The highest BCUT2D eigenvalue weighted by Gasteiger charge is 2.06. The van der Waals surface area contributed by atoms with Crippen molar-refractivity contribution in [1.29, 1.82) is 0 Å². The van der Waals surface area contributed by atoms with Crippen molar-refractivity contribution < 1.29 is 8.91 Å². The van der Waals surface area contributed by atoms with Crippen LogP contribution in [-0.4, -0.2) is 5.16 Å². The quantitative estimate of drug-likeness (QED) is 0.649. The second kappa shape index (κ2) is 2.59. The fourth-order valence-electron chi connectivity index (χ4n) is 1.22. The number of fused-ring (bicyclic) bond motifs is 1. The van der Waals surface area contributed by atoms with Gasteiger partial charge in [0, 0.05) is 5.39 Å². The molecule has 2 aromatic rings. The smallest absolute Gasteiger partial charge is 0.167 e. The van der Waals surface area contributed by atoms with Crippen LogP contribution in [0.15, 0.2) is 22.7 Å². The molecule has 0 fully saturated rings. The van der Waals surface area contributed by atoms with Crippen molar-refractivity contribution in [3.63, 3.8) is 0 Å². The van der Waals surface area contributed by atoms with Crippen LogP contribution in [0.5, 0.6) is 0 Å². The summed E-state index contributed by atoms with van der Waals surface area (Å²) in [6.45, 7) is 1.96. The number of aryl methyl sites for hydroxylation is 1. The van der Waals surface area contributed by atoms with Gasteiger partial charge in [-0.15, -0.1) is 0 Å². The molecule has 0 atom stereocenters. The first-order chi connectivity index (χ1) is 5.81. The third-order valence-corrected chi connectivity index (χ3v) is 1.84. The van der Waals surface area contributed by atoms with E-state index in [1.165, 1.54) is 12.1 Å². The van der Waals surface area contributed by atoms with Gasteiger partial charge in [-0.05, 0) is 24.6 Å². The second-order valence-electron chi connectivity index (χ2n) is 2.62. The SMILES string of the molecule is CCc1noc2ccc(F)cc12. The minimum atomic E-state index is -0.250. The van der Waals surface area contributed by atoms with Crippen LogP contribution in [0.1, 0.15) is 12.6 Å². The summed E-state index contributed by atoms with van der Waals surface area (Å²) < 4.78 is 17.7. The van der Waals surface area contributed by atoms with Gasteiger partial charge in [0.2, 0.25) is 0 Å². The number of halogens is 1. The molecule has 1 aromatic heterocycles. The zero-order chi connectivity index (χ0) is 8.55. The van der Waals surface area contributed by atoms with E-state index in [0.29, 0.717) is 5.58 Å². The number of hydrogen-bond donors (Lipinski definition) is 0. The number of hydrogen-bond acceptors (Lipinski definition) is 2. The van der Waals surface area contributed by atoms with E-state index in [2.05, 4.69) is 5.16 Å². The summed E-state index contributed by atoms with van der Waals surface area (Å²) in [6, 6.07) is 4.41. The molecule has 0 saturated carbocycles. The molecule has 0 saturated heterocycles. The lowest BCUT2D eigenvalue weighted by atomic mass is 10.2. The first kappa shape index (κ1) is 7.28. The molecule has 1 aromatic carbocycles. The fourth-order valence-corrected chi connectivity index (χ4v) is 1.22. The molecule has 0 spiro atoms. The van der Waals surface area contributed by atoms with Gasteiger partial charge in [-0.25, -0.2) is 4.39 Å². The van der Waals surface area contributed by atoms with Crippen LogP contribution in [0.3, 0.4) is 0 Å². The van der Waals surface area contributed by atoms with Crippen molar-refractivity contribution in [3.05, 3.63) is 29.7 Å². The third kappa shape index (κ3) is 0.978. The van der Waals surface area contributed by atoms with Crippen LogP contribution in [0, 0.1) is 5.82 Å². The number of nitrogens with zero attached hydrogens (tertiary/aromatic N) is 1. The molecule has 0 radical (unpaired) electrons. The Kier molecular flexibility index (Phi) is 1.57. The molecule has 0 bridgehead atoms. The molecule has 1 heterocycles. The second-order valence-corrected chi connectivity index (χ2v) is 2.62. The fraction of sp³-hybridized carbons (Fsp3) is 0.222. The Morgan fingerprint density at radius 2 is 2.33 bits per heavy atom. The molecule has 0 aliphatic rings. The van der Waals surface area contributed by atoms with Gasteiger partial charge in [-0.2, -0.15) is 0 Å². The normalized spacial score (nSPS) is 10.8. The predicted octanol–water partition coefficient (Wildman–Crippen LogP) is 2.53. The van der Waals surface area contributed by atoms with Crippen LogP contribution in [0.25, 0.3) is 11.0 Å². The van der Waals surface area contributed by atoms with Gasteiger partial charge in [0.25, 0.3) is 0 Å². The maximum absolute atomic E-state index is 12.8. The van der Waals surface area contributed by atoms with Crippen LogP contribution in [-0.2, 0) is 6.42 Å². The molecule has 0 unspecified atom stereocenters. The van der Waals surface area contributed by atoms with Gasteiger partial charge in [-0.3, -0.25) is 0 Å². The third-order valence-electron chi connectivity index (χ3n) is 1.84. The molecule has 0 aliphatic carbocycles. The van der Waals surface area contributed by atoms with E-state index < -0.39 is 0 Å². The average Bonchev–Trinajstić information content (AvgIpc) is 2.46. The van der Waals surface area contributed by atoms with E-state index in [1.54, 1.807) is 6.07 Å². The molecular formula is C9H8FNO. The van der Waals surface area contributed by atoms with Crippen LogP contribution < -0.4 is 0 Å². The Hall–Kier alpha value is -1.38. The van der Waals surface area contributed by atoms with Gasteiger partial charge in [0.05, 0.1) is 5.69 Å². The highest BCUT2D eigenvalue weighted by molar-refractivity contribution is 5.79. The van der Waals surface area contributed by atoms with Crippen molar-refractivity contribution in [2.45, 2.75) is 13.3 Å². The number of benzene rings is 1. The highest BCUT2D eigenvalue weighted by atomic mass is 19.1. The maximum Gasteiger partial charge on any atom is 0.167 e.